The second-order valence-electron chi connectivity index (χ2n) is 25.9. The van der Waals surface area contributed by atoms with Gasteiger partial charge < -0.3 is 33.8 Å². The maximum Gasteiger partial charge on any atom is 0.472 e. The van der Waals surface area contributed by atoms with Crippen LogP contribution in [0.5, 0.6) is 0 Å². The molecule has 0 spiro atoms. The monoisotopic (exact) mass is 1490 g/mol. The zero-order valence-corrected chi connectivity index (χ0v) is 66.4. The predicted molar refractivity (Wildman–Crippen MR) is 427 cm³/mol. The van der Waals surface area contributed by atoms with Gasteiger partial charge >= 0.3 is 39.5 Å². The standard InChI is InChI=1S/C85H140O17P2/c1-5-9-13-17-21-25-29-32-35-37-39-41-44-46-50-53-57-61-65-69-82(87)95-75-80(101-84(89)71-67-63-59-55-49-28-24-20-16-12-8-4)77-99-103(91,92)97-73-79(86)74-98-104(93,94)100-78-81(102-85(90)72-68-64-60-56-52-48-43-34-31-27-23-19-15-11-7-3)76-96-83(88)70-66-62-58-54-51-47-45-42-40-38-36-33-30-26-22-18-14-10-6-2/h9-11,13-15,20-27,32-36,39-43,52,56,79-81,86H,5-8,12,16-19,28-31,37-38,44-51,53-55,57-78H2,1-4H3,(H,91,92)(H,93,94)/b13-9-,14-10-,15-11-,24-20-,25-21-,26-22-,27-23-,35-32-,36-33-,41-39-,42-40-,43-34-,56-52-. The van der Waals surface area contributed by atoms with Gasteiger partial charge in [0.15, 0.2) is 12.2 Å². The van der Waals surface area contributed by atoms with E-state index in [0.29, 0.717) is 32.1 Å². The van der Waals surface area contributed by atoms with Crippen LogP contribution in [0.1, 0.15) is 297 Å². The number of hydrogen-bond acceptors (Lipinski definition) is 15. The van der Waals surface area contributed by atoms with Crippen LogP contribution in [0.4, 0.5) is 0 Å². The minimum absolute atomic E-state index is 0.0342. The lowest BCUT2D eigenvalue weighted by molar-refractivity contribution is -0.161. The van der Waals surface area contributed by atoms with Crippen LogP contribution in [-0.2, 0) is 65.4 Å². The van der Waals surface area contributed by atoms with Gasteiger partial charge in [-0.15, -0.1) is 0 Å². The van der Waals surface area contributed by atoms with Crippen molar-refractivity contribution in [2.45, 2.75) is 316 Å². The molecule has 0 aromatic carbocycles. The second-order valence-corrected chi connectivity index (χ2v) is 28.8. The molecule has 0 aromatic rings. The molecule has 5 atom stereocenters. The first kappa shape index (κ1) is 98.7. The van der Waals surface area contributed by atoms with Crippen molar-refractivity contribution in [3.05, 3.63) is 158 Å². The van der Waals surface area contributed by atoms with Crippen LogP contribution >= 0.6 is 15.6 Å². The minimum atomic E-state index is -5.00. The van der Waals surface area contributed by atoms with Gasteiger partial charge in [0.05, 0.1) is 26.4 Å². The van der Waals surface area contributed by atoms with Crippen LogP contribution in [-0.4, -0.2) is 96.7 Å². The Morgan fingerprint density at radius 1 is 0.279 bits per heavy atom. The molecule has 0 aliphatic carbocycles. The summed E-state index contributed by atoms with van der Waals surface area (Å²) in [4.78, 5) is 73.0. The molecule has 0 fully saturated rings. The lowest BCUT2D eigenvalue weighted by atomic mass is 10.1. The molecule has 104 heavy (non-hydrogen) atoms. The van der Waals surface area contributed by atoms with E-state index in [4.69, 9.17) is 37.0 Å². The number of rotatable bonds is 73. The van der Waals surface area contributed by atoms with Crippen LogP contribution in [0, 0.1) is 0 Å². The van der Waals surface area contributed by atoms with E-state index >= 15 is 0 Å². The predicted octanol–water partition coefficient (Wildman–Crippen LogP) is 23.2. The number of esters is 4. The van der Waals surface area contributed by atoms with Crippen molar-refractivity contribution in [3.63, 3.8) is 0 Å². The van der Waals surface area contributed by atoms with Crippen molar-refractivity contribution >= 4 is 39.5 Å². The Kier molecular flexibility index (Phi) is 72.0. The molecule has 0 bridgehead atoms. The Morgan fingerprint density at radius 2 is 0.500 bits per heavy atom. The molecule has 0 rings (SSSR count). The van der Waals surface area contributed by atoms with Gasteiger partial charge in [0.2, 0.25) is 0 Å². The zero-order valence-electron chi connectivity index (χ0n) is 64.6. The highest BCUT2D eigenvalue weighted by atomic mass is 31.2. The average molecular weight is 1500 g/mol. The fourth-order valence-electron chi connectivity index (χ4n) is 10.00. The van der Waals surface area contributed by atoms with Crippen molar-refractivity contribution in [2.24, 2.45) is 0 Å². The van der Waals surface area contributed by atoms with Crippen molar-refractivity contribution in [3.8, 4) is 0 Å². The SMILES string of the molecule is CC/C=C\C/C=C\C/C=C\C/C=C\CCCCCCCCC(=O)OCC(COP(=O)(O)OCC(O)COP(=O)(O)OCC(COC(=O)CCCCCCCC/C=C\C/C=C\C/C=C\C/C=C\CC)OC(=O)CCCCCCC/C=C\CCCC)OC(=O)CCCC/C=C\C/C=C\C/C=C\C/C=C\CC. The number of allylic oxidation sites excluding steroid dienone is 26. The van der Waals surface area contributed by atoms with Crippen LogP contribution < -0.4 is 0 Å². The Morgan fingerprint density at radius 3 is 0.798 bits per heavy atom. The maximum atomic E-state index is 13.1. The molecule has 0 amide bonds. The molecule has 592 valence electrons. The first-order valence-electron chi connectivity index (χ1n) is 39.7. The number of phosphoric ester groups is 2. The second kappa shape index (κ2) is 75.9. The number of ether oxygens (including phenoxy) is 4. The summed E-state index contributed by atoms with van der Waals surface area (Å²) in [7, 11) is -9.99. The number of unbranched alkanes of at least 4 members (excludes halogenated alkanes) is 21. The molecule has 0 radical (unpaired) electrons. The first-order chi connectivity index (χ1) is 50.7. The van der Waals surface area contributed by atoms with Gasteiger partial charge in [0, 0.05) is 25.7 Å². The smallest absolute Gasteiger partial charge is 0.462 e. The van der Waals surface area contributed by atoms with E-state index in [1.807, 2.05) is 0 Å². The molecule has 0 aromatic heterocycles. The molecule has 0 heterocycles. The molecule has 0 aliphatic heterocycles. The van der Waals surface area contributed by atoms with Crippen LogP contribution in [0.15, 0.2) is 158 Å². The normalized spacial score (nSPS) is 14.7. The van der Waals surface area contributed by atoms with Gasteiger partial charge in [0.25, 0.3) is 0 Å². The van der Waals surface area contributed by atoms with Crippen molar-refractivity contribution < 1.29 is 80.2 Å². The number of carbonyl (C=O) groups is 4. The summed E-state index contributed by atoms with van der Waals surface area (Å²) in [5.41, 5.74) is 0. The molecule has 0 saturated heterocycles. The highest BCUT2D eigenvalue weighted by Crippen LogP contribution is 2.45. The highest BCUT2D eigenvalue weighted by molar-refractivity contribution is 7.47. The van der Waals surface area contributed by atoms with Crippen LogP contribution in [0.3, 0.4) is 0 Å². The highest BCUT2D eigenvalue weighted by Gasteiger charge is 2.30. The molecule has 17 nitrogen and oxygen atoms in total. The van der Waals surface area contributed by atoms with E-state index in [1.165, 1.54) is 12.8 Å². The molecule has 3 N–H and O–H groups in total. The van der Waals surface area contributed by atoms with Crippen LogP contribution in [0.2, 0.25) is 0 Å². The van der Waals surface area contributed by atoms with E-state index < -0.39 is 97.5 Å². The summed E-state index contributed by atoms with van der Waals surface area (Å²) in [6, 6.07) is 0. The van der Waals surface area contributed by atoms with E-state index in [9.17, 15) is 43.2 Å². The molecular formula is C85H140O17P2. The fourth-order valence-corrected chi connectivity index (χ4v) is 11.6. The van der Waals surface area contributed by atoms with E-state index in [1.54, 1.807) is 0 Å². The lowest BCUT2D eigenvalue weighted by Gasteiger charge is -2.21. The summed E-state index contributed by atoms with van der Waals surface area (Å²) < 4.78 is 68.5. The van der Waals surface area contributed by atoms with Crippen LogP contribution in [0.25, 0.3) is 0 Å². The summed E-state index contributed by atoms with van der Waals surface area (Å²) >= 11 is 0. The summed E-state index contributed by atoms with van der Waals surface area (Å²) in [6.07, 6.45) is 88.0. The summed E-state index contributed by atoms with van der Waals surface area (Å²) in [5, 5.41) is 10.6. The average Bonchev–Trinajstić information content (AvgIpc) is 0.929. The third-order valence-electron chi connectivity index (χ3n) is 16.0. The maximum absolute atomic E-state index is 13.1. The minimum Gasteiger partial charge on any atom is -0.462 e. The third-order valence-corrected chi connectivity index (χ3v) is 17.9. The van der Waals surface area contributed by atoms with Crippen molar-refractivity contribution in [1.29, 1.82) is 0 Å². The number of carbonyl (C=O) groups excluding carboxylic acids is 4. The number of phosphoric acid groups is 2. The summed E-state index contributed by atoms with van der Waals surface area (Å²) in [6.45, 7) is 4.40. The van der Waals surface area contributed by atoms with Crippen molar-refractivity contribution in [2.75, 3.05) is 39.6 Å². The fraction of sp³-hybridized carbons (Fsp3) is 0.647. The van der Waals surface area contributed by atoms with Gasteiger partial charge in [-0.25, -0.2) is 9.13 Å². The summed E-state index contributed by atoms with van der Waals surface area (Å²) in [5.74, 6) is -2.27. The Hall–Kier alpha value is -5.32. The van der Waals surface area contributed by atoms with Crippen molar-refractivity contribution in [1.82, 2.24) is 0 Å². The molecule has 0 saturated carbocycles. The topological polar surface area (TPSA) is 237 Å². The Labute approximate surface area is 629 Å². The molecular weight excluding hydrogens is 1350 g/mol. The zero-order chi connectivity index (χ0) is 76.0. The molecule has 0 aliphatic rings. The van der Waals surface area contributed by atoms with Gasteiger partial charge in [-0.2, -0.15) is 0 Å². The lowest BCUT2D eigenvalue weighted by Crippen LogP contribution is -2.30. The first-order valence-corrected chi connectivity index (χ1v) is 42.7. The van der Waals surface area contributed by atoms with E-state index in [0.717, 1.165) is 199 Å². The Balaban J connectivity index is 5.38. The number of aliphatic hydroxyl groups excluding tert-OH is 1. The van der Waals surface area contributed by atoms with E-state index in [2.05, 4.69) is 186 Å². The van der Waals surface area contributed by atoms with Gasteiger partial charge in [0.1, 0.15) is 19.3 Å². The number of hydrogen-bond donors (Lipinski definition) is 3. The third kappa shape index (κ3) is 74.9. The van der Waals surface area contributed by atoms with Gasteiger partial charge in [-0.05, 0) is 161 Å². The van der Waals surface area contributed by atoms with E-state index in [-0.39, 0.29) is 25.7 Å². The number of aliphatic hydroxyl groups is 1. The largest absolute Gasteiger partial charge is 0.472 e. The Bertz CT molecular complexity index is 2590. The van der Waals surface area contributed by atoms with Gasteiger partial charge in [-0.1, -0.05) is 269 Å². The quantitative estimate of drug-likeness (QED) is 0.0169. The molecule has 5 unspecified atom stereocenters. The molecule has 19 heteroatoms. The van der Waals surface area contributed by atoms with Gasteiger partial charge in [-0.3, -0.25) is 37.3 Å².